The molecule has 0 fully saturated rings. The fourth-order valence-electron chi connectivity index (χ4n) is 1.55. The van der Waals surface area contributed by atoms with Gasteiger partial charge in [0.05, 0.1) is 10.0 Å². The summed E-state index contributed by atoms with van der Waals surface area (Å²) in [5.74, 6) is -0.874. The van der Waals surface area contributed by atoms with E-state index in [4.69, 9.17) is 11.6 Å². The topological polar surface area (TPSA) is 29.1 Å². The van der Waals surface area contributed by atoms with Gasteiger partial charge in [-0.2, -0.15) is 0 Å². The molecular weight excluding hydrogens is 333 g/mol. The molecule has 0 aliphatic carbocycles. The van der Waals surface area contributed by atoms with Crippen LogP contribution >= 0.6 is 27.5 Å². The van der Waals surface area contributed by atoms with Crippen molar-refractivity contribution in [1.82, 2.24) is 0 Å². The zero-order valence-corrected chi connectivity index (χ0v) is 12.3. The first-order chi connectivity index (χ1) is 8.99. The third-order valence-corrected chi connectivity index (χ3v) is 3.84. The molecule has 0 unspecified atom stereocenters. The summed E-state index contributed by atoms with van der Waals surface area (Å²) in [5.41, 5.74) is 1.72. The second-order valence-electron chi connectivity index (χ2n) is 4.02. The van der Waals surface area contributed by atoms with E-state index >= 15 is 0 Å². The Morgan fingerprint density at radius 2 is 2.05 bits per heavy atom. The number of aryl methyl sites for hydroxylation is 1. The van der Waals surface area contributed by atoms with Crippen LogP contribution in [0.25, 0.3) is 0 Å². The van der Waals surface area contributed by atoms with Gasteiger partial charge in [-0.1, -0.05) is 23.7 Å². The van der Waals surface area contributed by atoms with Gasteiger partial charge in [0.2, 0.25) is 0 Å². The quantitative estimate of drug-likeness (QED) is 0.834. The number of rotatable bonds is 2. The third kappa shape index (κ3) is 3.14. The van der Waals surface area contributed by atoms with E-state index in [-0.39, 0.29) is 10.0 Å². The average Bonchev–Trinajstić information content (AvgIpc) is 2.37. The average molecular weight is 343 g/mol. The lowest BCUT2D eigenvalue weighted by molar-refractivity contribution is 0.102. The van der Waals surface area contributed by atoms with E-state index in [0.29, 0.717) is 10.7 Å². The molecule has 0 bridgehead atoms. The summed E-state index contributed by atoms with van der Waals surface area (Å²) in [6.07, 6.45) is 0. The fourth-order valence-corrected chi connectivity index (χ4v) is 2.17. The highest BCUT2D eigenvalue weighted by atomic mass is 79.9. The van der Waals surface area contributed by atoms with Gasteiger partial charge in [0, 0.05) is 10.7 Å². The summed E-state index contributed by atoms with van der Waals surface area (Å²) in [6, 6.07) is 9.51. The van der Waals surface area contributed by atoms with E-state index in [1.807, 2.05) is 6.92 Å². The highest BCUT2D eigenvalue weighted by molar-refractivity contribution is 9.10. The maximum Gasteiger partial charge on any atom is 0.256 e. The molecule has 0 aromatic heterocycles. The number of carbonyl (C=O) groups is 1. The molecule has 1 amide bonds. The van der Waals surface area contributed by atoms with Gasteiger partial charge in [0.25, 0.3) is 5.91 Å². The van der Waals surface area contributed by atoms with Crippen molar-refractivity contribution < 1.29 is 9.18 Å². The summed E-state index contributed by atoms with van der Waals surface area (Å²) in [5, 5.41) is 3.24. The molecule has 0 saturated heterocycles. The Morgan fingerprint density at radius 3 is 2.74 bits per heavy atom. The number of hydrogen-bond acceptors (Lipinski definition) is 1. The molecule has 0 spiro atoms. The molecule has 0 radical (unpaired) electrons. The minimum absolute atomic E-state index is 0.144. The van der Waals surface area contributed by atoms with Crippen LogP contribution in [0, 0.1) is 12.7 Å². The van der Waals surface area contributed by atoms with Gasteiger partial charge in [0.1, 0.15) is 5.82 Å². The SMILES string of the molecule is Cc1ccc(NC(=O)c2cccc(F)c2Br)cc1Cl. The molecule has 0 aliphatic rings. The lowest BCUT2D eigenvalue weighted by Crippen LogP contribution is -2.13. The molecule has 0 heterocycles. The Bertz CT molecular complexity index is 645. The van der Waals surface area contributed by atoms with E-state index in [2.05, 4.69) is 21.2 Å². The number of carbonyl (C=O) groups excluding carboxylic acids is 1. The monoisotopic (exact) mass is 341 g/mol. The Hall–Kier alpha value is -1.39. The van der Waals surface area contributed by atoms with Crippen molar-refractivity contribution in [2.45, 2.75) is 6.92 Å². The molecule has 2 nitrogen and oxygen atoms in total. The van der Waals surface area contributed by atoms with Crippen LogP contribution in [0.4, 0.5) is 10.1 Å². The normalized spacial score (nSPS) is 10.3. The molecule has 0 aliphatic heterocycles. The zero-order chi connectivity index (χ0) is 14.0. The number of benzene rings is 2. The summed E-state index contributed by atoms with van der Waals surface area (Å²) in [7, 11) is 0. The standard InChI is InChI=1S/C14H10BrClFNO/c1-8-5-6-9(7-11(8)16)18-14(19)10-3-2-4-12(17)13(10)15/h2-7H,1H3,(H,18,19). The van der Waals surface area contributed by atoms with Gasteiger partial charge in [-0.3, -0.25) is 4.79 Å². The minimum atomic E-state index is -0.477. The summed E-state index contributed by atoms with van der Waals surface area (Å²) < 4.78 is 13.5. The number of halogens is 3. The minimum Gasteiger partial charge on any atom is -0.322 e. The third-order valence-electron chi connectivity index (χ3n) is 2.63. The van der Waals surface area contributed by atoms with Crippen molar-refractivity contribution in [3.63, 3.8) is 0 Å². The molecule has 0 saturated carbocycles. The molecular formula is C14H10BrClFNO. The first kappa shape index (κ1) is 14.0. The molecule has 5 heteroatoms. The van der Waals surface area contributed by atoms with Gasteiger partial charge in [0.15, 0.2) is 0 Å². The Kier molecular flexibility index (Phi) is 4.22. The van der Waals surface area contributed by atoms with Crippen LogP contribution in [0.3, 0.4) is 0 Å². The summed E-state index contributed by atoms with van der Waals surface area (Å²) >= 11 is 9.04. The smallest absolute Gasteiger partial charge is 0.256 e. The maximum absolute atomic E-state index is 13.3. The molecule has 98 valence electrons. The van der Waals surface area contributed by atoms with Gasteiger partial charge < -0.3 is 5.32 Å². The lowest BCUT2D eigenvalue weighted by atomic mass is 10.2. The van der Waals surface area contributed by atoms with Gasteiger partial charge >= 0.3 is 0 Å². The largest absolute Gasteiger partial charge is 0.322 e. The molecule has 2 rings (SSSR count). The fraction of sp³-hybridized carbons (Fsp3) is 0.0714. The van der Waals surface area contributed by atoms with Crippen LogP contribution in [-0.2, 0) is 0 Å². The van der Waals surface area contributed by atoms with Crippen molar-refractivity contribution in [2.75, 3.05) is 5.32 Å². The van der Waals surface area contributed by atoms with E-state index in [0.717, 1.165) is 5.56 Å². The highest BCUT2D eigenvalue weighted by Crippen LogP contribution is 2.23. The van der Waals surface area contributed by atoms with E-state index in [1.165, 1.54) is 18.2 Å². The predicted molar refractivity (Wildman–Crippen MR) is 78.2 cm³/mol. The number of anilines is 1. The Labute approximate surface area is 123 Å². The van der Waals surface area contributed by atoms with Crippen LogP contribution < -0.4 is 5.32 Å². The van der Waals surface area contributed by atoms with Crippen molar-refractivity contribution in [1.29, 1.82) is 0 Å². The first-order valence-corrected chi connectivity index (χ1v) is 6.67. The number of nitrogens with one attached hydrogen (secondary N) is 1. The van der Waals surface area contributed by atoms with E-state index < -0.39 is 11.7 Å². The van der Waals surface area contributed by atoms with Gasteiger partial charge in [-0.25, -0.2) is 4.39 Å². The van der Waals surface area contributed by atoms with E-state index in [9.17, 15) is 9.18 Å². The molecule has 1 N–H and O–H groups in total. The number of hydrogen-bond donors (Lipinski definition) is 1. The van der Waals surface area contributed by atoms with Crippen molar-refractivity contribution >= 4 is 39.1 Å². The predicted octanol–water partition coefficient (Wildman–Crippen LogP) is 4.80. The van der Waals surface area contributed by atoms with Crippen molar-refractivity contribution in [3.8, 4) is 0 Å². The summed E-state index contributed by atoms with van der Waals surface area (Å²) in [4.78, 5) is 12.0. The maximum atomic E-state index is 13.3. The second kappa shape index (κ2) is 5.72. The van der Waals surface area contributed by atoms with Crippen LogP contribution in [0.15, 0.2) is 40.9 Å². The van der Waals surface area contributed by atoms with Crippen molar-refractivity contribution in [2.24, 2.45) is 0 Å². The lowest BCUT2D eigenvalue weighted by Gasteiger charge is -2.08. The Balaban J connectivity index is 2.26. The van der Waals surface area contributed by atoms with Crippen LogP contribution in [0.2, 0.25) is 5.02 Å². The molecule has 2 aromatic carbocycles. The van der Waals surface area contributed by atoms with Gasteiger partial charge in [-0.15, -0.1) is 0 Å². The van der Waals surface area contributed by atoms with Crippen LogP contribution in [0.5, 0.6) is 0 Å². The summed E-state index contributed by atoms with van der Waals surface area (Å²) in [6.45, 7) is 1.87. The molecule has 0 atom stereocenters. The highest BCUT2D eigenvalue weighted by Gasteiger charge is 2.13. The zero-order valence-electron chi connectivity index (χ0n) is 10.0. The molecule has 19 heavy (non-hydrogen) atoms. The van der Waals surface area contributed by atoms with Gasteiger partial charge in [-0.05, 0) is 52.7 Å². The van der Waals surface area contributed by atoms with E-state index in [1.54, 1.807) is 18.2 Å². The van der Waals surface area contributed by atoms with Crippen LogP contribution in [-0.4, -0.2) is 5.91 Å². The molecule has 2 aromatic rings. The number of amides is 1. The second-order valence-corrected chi connectivity index (χ2v) is 5.22. The first-order valence-electron chi connectivity index (χ1n) is 5.50. The van der Waals surface area contributed by atoms with Crippen LogP contribution in [0.1, 0.15) is 15.9 Å². The Morgan fingerprint density at radius 1 is 1.32 bits per heavy atom. The van der Waals surface area contributed by atoms with Crippen molar-refractivity contribution in [3.05, 3.63) is 62.8 Å².